The quantitative estimate of drug-likeness (QED) is 0.178. The molecule has 31 heavy (non-hydrogen) atoms. The Kier molecular flexibility index (Phi) is 7.82. The van der Waals surface area contributed by atoms with Crippen molar-refractivity contribution in [1.29, 1.82) is 0 Å². The summed E-state index contributed by atoms with van der Waals surface area (Å²) in [6.45, 7) is 3.41. The van der Waals surface area contributed by atoms with Crippen molar-refractivity contribution in [2.75, 3.05) is 4.72 Å². The molecule has 3 aromatic carbocycles. The topological polar surface area (TPSA) is 78.8 Å². The molecule has 3 N–H and O–H groups in total. The molecule has 0 unspecified atom stereocenters. The van der Waals surface area contributed by atoms with Crippen LogP contribution < -0.4 is 14.8 Å². The number of carbonyl (C=O) groups is 1. The zero-order chi connectivity index (χ0) is 22.4. The number of anilines is 1. The van der Waals surface area contributed by atoms with Crippen molar-refractivity contribution in [3.05, 3.63) is 83.2 Å². The highest BCUT2D eigenvalue weighted by atomic mass is 32.2. The first kappa shape index (κ1) is 23.0. The molecule has 0 spiro atoms. The molecule has 0 aromatic heterocycles. The Bertz CT molecular complexity index is 1060. The van der Waals surface area contributed by atoms with Gasteiger partial charge < -0.3 is 19.2 Å². The second kappa shape index (κ2) is 10.6. The Hall–Kier alpha value is -2.70. The molecule has 0 fully saturated rings. The number of hydrogen-bond acceptors (Lipinski definition) is 6. The van der Waals surface area contributed by atoms with Gasteiger partial charge in [-0.25, -0.2) is 4.39 Å². The Balaban J connectivity index is 1.64. The molecule has 0 aliphatic heterocycles. The zero-order valence-electron chi connectivity index (χ0n) is 16.9. The third kappa shape index (κ3) is 6.39. The lowest BCUT2D eigenvalue weighted by Gasteiger charge is -2.12. The van der Waals surface area contributed by atoms with E-state index in [0.717, 1.165) is 16.9 Å². The SMILES string of the molecule is C/C(C=O)=C\c1cc(C)c(Oc2ccc(SNc3ccc(P(O)O)cc3)cc2)c(F)c1. The van der Waals surface area contributed by atoms with Gasteiger partial charge in [0.2, 0.25) is 0 Å². The van der Waals surface area contributed by atoms with E-state index in [0.29, 0.717) is 27.8 Å². The number of carbonyl (C=O) groups excluding carboxylic acids is 1. The minimum absolute atomic E-state index is 0.146. The monoisotopic (exact) mass is 457 g/mol. The van der Waals surface area contributed by atoms with Crippen molar-refractivity contribution in [2.24, 2.45) is 0 Å². The summed E-state index contributed by atoms with van der Waals surface area (Å²) in [5, 5.41) is 0.484. The molecule has 5 nitrogen and oxygen atoms in total. The molecule has 8 heteroatoms. The number of allylic oxidation sites excluding steroid dienone is 1. The fourth-order valence-electron chi connectivity index (χ4n) is 2.74. The molecular formula is C23H21FNO4PS. The van der Waals surface area contributed by atoms with E-state index in [1.54, 1.807) is 62.4 Å². The minimum Gasteiger partial charge on any atom is -0.454 e. The van der Waals surface area contributed by atoms with Crippen molar-refractivity contribution in [2.45, 2.75) is 18.7 Å². The molecule has 3 aromatic rings. The van der Waals surface area contributed by atoms with Crippen LogP contribution >= 0.6 is 20.3 Å². The molecule has 0 amide bonds. The van der Waals surface area contributed by atoms with Gasteiger partial charge in [-0.2, -0.15) is 0 Å². The second-order valence-corrected chi connectivity index (χ2v) is 8.74. The van der Waals surface area contributed by atoms with Gasteiger partial charge >= 0.3 is 0 Å². The maximum absolute atomic E-state index is 14.5. The van der Waals surface area contributed by atoms with Crippen LogP contribution in [0.1, 0.15) is 18.1 Å². The lowest BCUT2D eigenvalue weighted by Crippen LogP contribution is -1.99. The fourth-order valence-corrected chi connectivity index (χ4v) is 3.80. The van der Waals surface area contributed by atoms with Crippen LogP contribution in [0.4, 0.5) is 10.1 Å². The summed E-state index contributed by atoms with van der Waals surface area (Å²) in [6, 6.07) is 17.1. The number of benzene rings is 3. The Labute approximate surface area is 185 Å². The number of aldehydes is 1. The Morgan fingerprint density at radius 2 is 1.77 bits per heavy atom. The summed E-state index contributed by atoms with van der Waals surface area (Å²) in [5.41, 5.74) is 2.56. The van der Waals surface area contributed by atoms with Crippen molar-refractivity contribution in [3.8, 4) is 11.5 Å². The molecule has 0 aliphatic carbocycles. The molecule has 3 rings (SSSR count). The largest absolute Gasteiger partial charge is 0.454 e. The molecule has 0 bridgehead atoms. The first-order chi connectivity index (χ1) is 14.9. The van der Waals surface area contributed by atoms with Crippen LogP contribution in [-0.4, -0.2) is 16.1 Å². The molecule has 0 saturated carbocycles. The number of nitrogens with one attached hydrogen (secondary N) is 1. The van der Waals surface area contributed by atoms with E-state index < -0.39 is 14.2 Å². The molecule has 0 heterocycles. The van der Waals surface area contributed by atoms with Crippen LogP contribution in [0.3, 0.4) is 0 Å². The van der Waals surface area contributed by atoms with Gasteiger partial charge in [0.05, 0.1) is 0 Å². The van der Waals surface area contributed by atoms with Crippen molar-refractivity contribution >= 4 is 43.7 Å². The first-order valence-electron chi connectivity index (χ1n) is 9.28. The predicted octanol–water partition coefficient (Wildman–Crippen LogP) is 5.57. The van der Waals surface area contributed by atoms with E-state index in [4.69, 9.17) is 4.74 Å². The number of halogens is 1. The van der Waals surface area contributed by atoms with Gasteiger partial charge in [-0.3, -0.25) is 4.79 Å². The smallest absolute Gasteiger partial charge is 0.199 e. The van der Waals surface area contributed by atoms with E-state index in [1.165, 1.54) is 18.0 Å². The van der Waals surface area contributed by atoms with Gasteiger partial charge in [0.25, 0.3) is 0 Å². The van der Waals surface area contributed by atoms with Crippen LogP contribution in [0.25, 0.3) is 6.08 Å². The van der Waals surface area contributed by atoms with Crippen molar-refractivity contribution in [1.82, 2.24) is 0 Å². The normalized spacial score (nSPS) is 11.5. The van der Waals surface area contributed by atoms with E-state index in [2.05, 4.69) is 4.72 Å². The number of ether oxygens (including phenoxy) is 1. The van der Waals surface area contributed by atoms with Gasteiger partial charge in [0.1, 0.15) is 12.0 Å². The fraction of sp³-hybridized carbons (Fsp3) is 0.0870. The van der Waals surface area contributed by atoms with Gasteiger partial charge in [-0.1, -0.05) is 0 Å². The van der Waals surface area contributed by atoms with Crippen LogP contribution in [0.5, 0.6) is 11.5 Å². The lowest BCUT2D eigenvalue weighted by molar-refractivity contribution is -0.104. The van der Waals surface area contributed by atoms with Crippen molar-refractivity contribution < 1.29 is 23.7 Å². The van der Waals surface area contributed by atoms with Crippen LogP contribution in [-0.2, 0) is 4.79 Å². The number of aryl methyl sites for hydroxylation is 1. The summed E-state index contributed by atoms with van der Waals surface area (Å²) in [4.78, 5) is 30.1. The summed E-state index contributed by atoms with van der Waals surface area (Å²) < 4.78 is 23.4. The standard InChI is InChI=1S/C23H21FNO4PS/c1-15(14-26)11-17-12-16(2)23(22(24)13-17)29-19-5-9-21(10-6-19)31-25-18-3-7-20(8-4-18)30(27)28/h3-14,25,27-28H,1-2H3/b15-11+. The lowest BCUT2D eigenvalue weighted by atomic mass is 10.1. The molecular weight excluding hydrogens is 436 g/mol. The minimum atomic E-state index is -2.09. The molecule has 0 saturated heterocycles. The van der Waals surface area contributed by atoms with Crippen molar-refractivity contribution in [3.63, 3.8) is 0 Å². The second-order valence-electron chi connectivity index (χ2n) is 6.77. The number of rotatable bonds is 8. The Morgan fingerprint density at radius 1 is 1.10 bits per heavy atom. The highest BCUT2D eigenvalue weighted by molar-refractivity contribution is 8.00. The van der Waals surface area contributed by atoms with E-state index in [1.807, 2.05) is 12.1 Å². The highest BCUT2D eigenvalue weighted by Crippen LogP contribution is 2.31. The maximum atomic E-state index is 14.5. The molecule has 0 aliphatic rings. The van der Waals surface area contributed by atoms with Gasteiger partial charge in [0, 0.05) is 15.9 Å². The summed E-state index contributed by atoms with van der Waals surface area (Å²) in [6.07, 6.45) is 2.34. The average Bonchev–Trinajstić information content (AvgIpc) is 2.76. The third-order valence-corrected chi connectivity index (χ3v) is 5.87. The van der Waals surface area contributed by atoms with E-state index in [-0.39, 0.29) is 5.75 Å². The van der Waals surface area contributed by atoms with Crippen LogP contribution in [0.2, 0.25) is 0 Å². The average molecular weight is 457 g/mol. The summed E-state index contributed by atoms with van der Waals surface area (Å²) in [7, 11) is -2.09. The van der Waals surface area contributed by atoms with Crippen LogP contribution in [0.15, 0.2) is 71.1 Å². The zero-order valence-corrected chi connectivity index (χ0v) is 18.6. The summed E-state index contributed by atoms with van der Waals surface area (Å²) >= 11 is 1.38. The Morgan fingerprint density at radius 3 is 2.35 bits per heavy atom. The maximum Gasteiger partial charge on any atom is 0.199 e. The van der Waals surface area contributed by atoms with Gasteiger partial charge in [-0.15, -0.1) is 0 Å². The number of hydrogen-bond donors (Lipinski definition) is 3. The summed E-state index contributed by atoms with van der Waals surface area (Å²) in [5.74, 6) is 0.150. The van der Waals surface area contributed by atoms with E-state index >= 15 is 0 Å². The third-order valence-electron chi connectivity index (χ3n) is 4.26. The highest BCUT2D eigenvalue weighted by Gasteiger charge is 2.11. The van der Waals surface area contributed by atoms with E-state index in [9.17, 15) is 19.0 Å². The predicted molar refractivity (Wildman–Crippen MR) is 124 cm³/mol. The van der Waals surface area contributed by atoms with Gasteiger partial charge in [-0.05, 0) is 109 Å². The molecule has 0 radical (unpaired) electrons. The first-order valence-corrected chi connectivity index (χ1v) is 11.3. The van der Waals surface area contributed by atoms with Gasteiger partial charge in [0.15, 0.2) is 19.9 Å². The van der Waals surface area contributed by atoms with Crippen LogP contribution in [0, 0.1) is 12.7 Å². The molecule has 160 valence electrons. The molecule has 0 atom stereocenters.